The van der Waals surface area contributed by atoms with Gasteiger partial charge in [-0.3, -0.25) is 0 Å². The Balaban J connectivity index is 1.63. The molecule has 2 saturated heterocycles. The second kappa shape index (κ2) is 6.11. The molecule has 25 heavy (non-hydrogen) atoms. The molecule has 3 aromatic rings. The van der Waals surface area contributed by atoms with E-state index in [1.165, 1.54) is 32.7 Å². The first-order valence-corrected chi connectivity index (χ1v) is 10.0. The van der Waals surface area contributed by atoms with E-state index in [1.54, 1.807) is 0 Å². The monoisotopic (exact) mass is 350 g/mol. The second-order valence-electron chi connectivity index (χ2n) is 6.88. The van der Waals surface area contributed by atoms with Gasteiger partial charge in [0.05, 0.1) is 18.8 Å². The third-order valence-corrected chi connectivity index (χ3v) is 6.18. The van der Waals surface area contributed by atoms with Crippen LogP contribution in [0, 0.1) is 0 Å². The number of thioether (sulfide) groups is 1. The zero-order valence-corrected chi connectivity index (χ0v) is 15.2. The molecule has 0 spiro atoms. The summed E-state index contributed by atoms with van der Waals surface area (Å²) in [5, 5.41) is 1.27. The van der Waals surface area contributed by atoms with Gasteiger partial charge in [0.2, 0.25) is 0 Å². The molecule has 0 radical (unpaired) electrons. The number of nitrogens with zero attached hydrogens (tertiary/aromatic N) is 1. The molecule has 0 amide bonds. The lowest BCUT2D eigenvalue weighted by Crippen LogP contribution is -2.37. The van der Waals surface area contributed by atoms with Gasteiger partial charge in [-0.25, -0.2) is 0 Å². The Bertz CT molecular complexity index is 886. The standard InChI is InChI=1S/C21H22N2OS/c1-2-25-17-7-8-21(23-12-16-10-15(23)13-24-16)18(11-17)20-9-14-5-3-4-6-19(14)22-20/h3-9,11,15-16,22H,2,10,12-13H2,1H3. The quantitative estimate of drug-likeness (QED) is 0.677. The molecule has 5 rings (SSSR count). The van der Waals surface area contributed by atoms with Crippen LogP contribution in [-0.2, 0) is 4.74 Å². The number of rotatable bonds is 4. The van der Waals surface area contributed by atoms with E-state index in [0.29, 0.717) is 12.1 Å². The van der Waals surface area contributed by atoms with Crippen LogP contribution >= 0.6 is 11.8 Å². The van der Waals surface area contributed by atoms with Crippen LogP contribution in [0.15, 0.2) is 53.4 Å². The molecule has 2 atom stereocenters. The van der Waals surface area contributed by atoms with Crippen LogP contribution in [0.2, 0.25) is 0 Å². The number of anilines is 1. The van der Waals surface area contributed by atoms with Crippen LogP contribution in [0.3, 0.4) is 0 Å². The van der Waals surface area contributed by atoms with E-state index in [2.05, 4.69) is 65.3 Å². The van der Waals surface area contributed by atoms with Crippen LogP contribution in [0.5, 0.6) is 0 Å². The molecule has 3 nitrogen and oxygen atoms in total. The number of benzene rings is 2. The van der Waals surface area contributed by atoms with Crippen molar-refractivity contribution in [2.45, 2.75) is 30.4 Å². The lowest BCUT2D eigenvalue weighted by molar-refractivity contribution is 0.0991. The van der Waals surface area contributed by atoms with E-state index in [-0.39, 0.29) is 0 Å². The molecule has 2 aliphatic heterocycles. The van der Waals surface area contributed by atoms with Crippen molar-refractivity contribution < 1.29 is 4.74 Å². The van der Waals surface area contributed by atoms with Crippen LogP contribution in [-0.4, -0.2) is 36.0 Å². The molecule has 0 aliphatic carbocycles. The largest absolute Gasteiger partial charge is 0.374 e. The Labute approximate surface area is 152 Å². The third-order valence-electron chi connectivity index (χ3n) is 5.31. The first-order chi connectivity index (χ1) is 12.3. The molecule has 2 unspecified atom stereocenters. The molecule has 128 valence electrons. The minimum absolute atomic E-state index is 0.408. The predicted molar refractivity (Wildman–Crippen MR) is 106 cm³/mol. The van der Waals surface area contributed by atoms with E-state index in [1.807, 2.05) is 11.8 Å². The molecule has 2 aromatic carbocycles. The van der Waals surface area contributed by atoms with Crippen LogP contribution in [0.25, 0.3) is 22.2 Å². The smallest absolute Gasteiger partial charge is 0.0771 e. The van der Waals surface area contributed by atoms with Gasteiger partial charge in [-0.1, -0.05) is 25.1 Å². The van der Waals surface area contributed by atoms with Crippen molar-refractivity contribution >= 4 is 28.4 Å². The molecular weight excluding hydrogens is 328 g/mol. The molecule has 0 saturated carbocycles. The summed E-state index contributed by atoms with van der Waals surface area (Å²) in [5.41, 5.74) is 5.05. The summed E-state index contributed by atoms with van der Waals surface area (Å²) < 4.78 is 5.81. The Hall–Kier alpha value is -1.91. The van der Waals surface area contributed by atoms with Crippen molar-refractivity contribution in [3.63, 3.8) is 0 Å². The fourth-order valence-electron chi connectivity index (χ4n) is 4.15. The fraction of sp³-hybridized carbons (Fsp3) is 0.333. The van der Waals surface area contributed by atoms with Gasteiger partial charge in [-0.2, -0.15) is 0 Å². The topological polar surface area (TPSA) is 28.3 Å². The Morgan fingerprint density at radius 3 is 2.88 bits per heavy atom. The van der Waals surface area contributed by atoms with Gasteiger partial charge in [-0.05, 0) is 42.5 Å². The third kappa shape index (κ3) is 2.64. The lowest BCUT2D eigenvalue weighted by atomic mass is 10.1. The number of H-pyrrole nitrogens is 1. The van der Waals surface area contributed by atoms with Gasteiger partial charge in [-0.15, -0.1) is 11.8 Å². The summed E-state index contributed by atoms with van der Waals surface area (Å²) in [4.78, 5) is 7.51. The maximum absolute atomic E-state index is 5.81. The highest BCUT2D eigenvalue weighted by molar-refractivity contribution is 7.99. The summed E-state index contributed by atoms with van der Waals surface area (Å²) >= 11 is 1.90. The molecule has 2 fully saturated rings. The normalized spacial score (nSPS) is 22.2. The maximum Gasteiger partial charge on any atom is 0.0771 e. The number of hydrogen-bond donors (Lipinski definition) is 1. The molecular formula is C21H22N2OS. The summed E-state index contributed by atoms with van der Waals surface area (Å²) in [6.45, 7) is 4.08. The highest BCUT2D eigenvalue weighted by atomic mass is 32.2. The minimum atomic E-state index is 0.408. The highest BCUT2D eigenvalue weighted by Gasteiger charge is 2.39. The van der Waals surface area contributed by atoms with Gasteiger partial charge in [0, 0.05) is 39.3 Å². The summed E-state index contributed by atoms with van der Waals surface area (Å²) in [5.74, 6) is 1.09. The van der Waals surface area contributed by atoms with Crippen molar-refractivity contribution in [3.05, 3.63) is 48.5 Å². The van der Waals surface area contributed by atoms with E-state index in [4.69, 9.17) is 4.74 Å². The Kier molecular flexibility index (Phi) is 3.75. The molecule has 2 bridgehead atoms. The van der Waals surface area contributed by atoms with Gasteiger partial charge in [0.1, 0.15) is 0 Å². The van der Waals surface area contributed by atoms with Gasteiger partial charge in [0.15, 0.2) is 0 Å². The molecule has 4 heteroatoms. The van der Waals surface area contributed by atoms with Crippen molar-refractivity contribution in [1.29, 1.82) is 0 Å². The molecule has 1 N–H and O–H groups in total. The number of ether oxygens (including phenoxy) is 1. The number of para-hydroxylation sites is 1. The second-order valence-corrected chi connectivity index (χ2v) is 8.22. The molecule has 3 heterocycles. The lowest BCUT2D eigenvalue weighted by Gasteiger charge is -2.31. The average molecular weight is 350 g/mol. The zero-order chi connectivity index (χ0) is 16.8. The minimum Gasteiger partial charge on any atom is -0.374 e. The summed E-state index contributed by atoms with van der Waals surface area (Å²) in [6.07, 6.45) is 1.57. The maximum atomic E-state index is 5.81. The van der Waals surface area contributed by atoms with E-state index < -0.39 is 0 Å². The van der Waals surface area contributed by atoms with Gasteiger partial charge in [0.25, 0.3) is 0 Å². The van der Waals surface area contributed by atoms with Crippen LogP contribution in [0.4, 0.5) is 5.69 Å². The number of aromatic nitrogens is 1. The first kappa shape index (κ1) is 15.4. The number of nitrogens with one attached hydrogen (secondary N) is 1. The fourth-order valence-corrected chi connectivity index (χ4v) is 4.85. The summed E-state index contributed by atoms with van der Waals surface area (Å²) in [6, 6.07) is 18.2. The van der Waals surface area contributed by atoms with E-state index in [9.17, 15) is 0 Å². The molecule has 2 aliphatic rings. The number of morpholine rings is 1. The number of aromatic amines is 1. The van der Waals surface area contributed by atoms with Crippen molar-refractivity contribution in [2.75, 3.05) is 23.8 Å². The van der Waals surface area contributed by atoms with Gasteiger partial charge < -0.3 is 14.6 Å². The van der Waals surface area contributed by atoms with Crippen molar-refractivity contribution in [3.8, 4) is 11.3 Å². The van der Waals surface area contributed by atoms with Crippen molar-refractivity contribution in [1.82, 2.24) is 4.98 Å². The molecule has 1 aromatic heterocycles. The van der Waals surface area contributed by atoms with Crippen molar-refractivity contribution in [2.24, 2.45) is 0 Å². The average Bonchev–Trinajstić information content (AvgIpc) is 3.36. The highest BCUT2D eigenvalue weighted by Crippen LogP contribution is 2.40. The van der Waals surface area contributed by atoms with E-state index >= 15 is 0 Å². The first-order valence-electron chi connectivity index (χ1n) is 9.05. The Morgan fingerprint density at radius 2 is 2.12 bits per heavy atom. The van der Waals surface area contributed by atoms with Gasteiger partial charge >= 0.3 is 0 Å². The number of hydrogen-bond acceptors (Lipinski definition) is 3. The summed E-state index contributed by atoms with van der Waals surface area (Å²) in [7, 11) is 0. The Morgan fingerprint density at radius 1 is 1.20 bits per heavy atom. The number of fused-ring (bicyclic) bond motifs is 3. The predicted octanol–water partition coefficient (Wildman–Crippen LogP) is 4.92. The van der Waals surface area contributed by atoms with Crippen LogP contribution in [0.1, 0.15) is 13.3 Å². The van der Waals surface area contributed by atoms with E-state index in [0.717, 1.165) is 25.3 Å². The zero-order valence-electron chi connectivity index (χ0n) is 14.4. The SMILES string of the molecule is CCSc1ccc(N2CC3CC2CO3)c(-c2cc3ccccc3[nH]2)c1. The van der Waals surface area contributed by atoms with Crippen LogP contribution < -0.4 is 4.90 Å².